The Morgan fingerprint density at radius 2 is 2.00 bits per heavy atom. The standard InChI is InChI=1S/C17H24N6S/c1-12-9-15(20-16-10-13(2)22-23-16)21-17(14(12)11-19)24-8-6-4-3-5-7-18/h9-10H,3-8,18H2,1-2H3,(H2,20,21,22,23). The summed E-state index contributed by atoms with van der Waals surface area (Å²) in [7, 11) is 0. The first-order valence-corrected chi connectivity index (χ1v) is 9.16. The number of thioether (sulfide) groups is 1. The van der Waals surface area contributed by atoms with Gasteiger partial charge in [0, 0.05) is 11.8 Å². The molecule has 0 radical (unpaired) electrons. The lowest BCUT2D eigenvalue weighted by molar-refractivity contribution is 0.678. The number of nitrogens with one attached hydrogen (secondary N) is 2. The number of H-pyrrole nitrogens is 1. The van der Waals surface area contributed by atoms with E-state index in [0.717, 1.165) is 60.1 Å². The summed E-state index contributed by atoms with van der Waals surface area (Å²) in [6.07, 6.45) is 4.50. The lowest BCUT2D eigenvalue weighted by Crippen LogP contribution is -2.00. The number of aromatic nitrogens is 3. The molecule has 6 nitrogen and oxygen atoms in total. The second kappa shape index (κ2) is 9.30. The number of nitriles is 1. The first-order chi connectivity index (χ1) is 11.6. The smallest absolute Gasteiger partial charge is 0.153 e. The zero-order valence-corrected chi connectivity index (χ0v) is 15.0. The maximum atomic E-state index is 9.40. The highest BCUT2D eigenvalue weighted by atomic mass is 32.2. The van der Waals surface area contributed by atoms with Crippen molar-refractivity contribution in [2.75, 3.05) is 17.6 Å². The molecular formula is C17H24N6S. The molecule has 4 N–H and O–H groups in total. The van der Waals surface area contributed by atoms with Gasteiger partial charge in [-0.25, -0.2) is 4.98 Å². The highest BCUT2D eigenvalue weighted by Gasteiger charge is 2.11. The Balaban J connectivity index is 2.03. The Bertz CT molecular complexity index is 704. The summed E-state index contributed by atoms with van der Waals surface area (Å²) in [6, 6.07) is 6.07. The SMILES string of the molecule is Cc1cc(Nc2cc(C)c(C#N)c(SCCCCCCN)n2)n[nH]1. The summed E-state index contributed by atoms with van der Waals surface area (Å²) in [5.74, 6) is 2.39. The van der Waals surface area contributed by atoms with Gasteiger partial charge in [0.2, 0.25) is 0 Å². The normalized spacial score (nSPS) is 10.6. The Hall–Kier alpha value is -2.04. The molecule has 0 aromatic carbocycles. The molecule has 0 aliphatic carbocycles. The molecule has 2 aromatic rings. The van der Waals surface area contributed by atoms with Crippen LogP contribution < -0.4 is 11.1 Å². The fraction of sp³-hybridized carbons (Fsp3) is 0.471. The summed E-state index contributed by atoms with van der Waals surface area (Å²) >= 11 is 1.64. The minimum Gasteiger partial charge on any atom is -0.330 e. The number of pyridine rings is 1. The Morgan fingerprint density at radius 3 is 2.67 bits per heavy atom. The van der Waals surface area contributed by atoms with Crippen molar-refractivity contribution in [1.82, 2.24) is 15.2 Å². The van der Waals surface area contributed by atoms with Crippen LogP contribution in [0.5, 0.6) is 0 Å². The Kier molecular flexibility index (Phi) is 7.09. The van der Waals surface area contributed by atoms with Crippen molar-refractivity contribution in [2.45, 2.75) is 44.6 Å². The van der Waals surface area contributed by atoms with Crippen LogP contribution in [0.2, 0.25) is 0 Å². The van der Waals surface area contributed by atoms with E-state index in [1.165, 1.54) is 0 Å². The number of nitrogens with two attached hydrogens (primary N) is 1. The molecular weight excluding hydrogens is 320 g/mol. The summed E-state index contributed by atoms with van der Waals surface area (Å²) in [6.45, 7) is 4.64. The second-order valence-electron chi connectivity index (χ2n) is 5.73. The van der Waals surface area contributed by atoms with Crippen LogP contribution in [0.25, 0.3) is 0 Å². The highest BCUT2D eigenvalue weighted by Crippen LogP contribution is 2.27. The first-order valence-electron chi connectivity index (χ1n) is 8.17. The van der Waals surface area contributed by atoms with Crippen LogP contribution in [-0.2, 0) is 0 Å². The van der Waals surface area contributed by atoms with Gasteiger partial charge in [0.05, 0.1) is 5.56 Å². The molecule has 7 heteroatoms. The molecule has 0 spiro atoms. The van der Waals surface area contributed by atoms with E-state index in [2.05, 4.69) is 26.6 Å². The number of hydrogen-bond donors (Lipinski definition) is 3. The average Bonchev–Trinajstić information content (AvgIpc) is 2.95. The largest absolute Gasteiger partial charge is 0.330 e. The number of rotatable bonds is 9. The summed E-state index contributed by atoms with van der Waals surface area (Å²) in [4.78, 5) is 4.60. The van der Waals surface area contributed by atoms with Crippen molar-refractivity contribution < 1.29 is 0 Å². The topological polar surface area (TPSA) is 103 Å². The molecule has 0 saturated heterocycles. The van der Waals surface area contributed by atoms with Crippen LogP contribution in [0.1, 0.15) is 42.5 Å². The van der Waals surface area contributed by atoms with Crippen molar-refractivity contribution in [3.05, 3.63) is 29.0 Å². The number of unbranched alkanes of at least 4 members (excludes halogenated alkanes) is 3. The van der Waals surface area contributed by atoms with Gasteiger partial charge in [0.15, 0.2) is 5.82 Å². The molecule has 128 valence electrons. The summed E-state index contributed by atoms with van der Waals surface area (Å²) in [5.41, 5.74) is 8.07. The van der Waals surface area contributed by atoms with Crippen LogP contribution in [0.4, 0.5) is 11.6 Å². The third kappa shape index (κ3) is 5.25. The molecule has 0 unspecified atom stereocenters. The molecule has 0 aliphatic rings. The van der Waals surface area contributed by atoms with E-state index in [1.807, 2.05) is 26.0 Å². The van der Waals surface area contributed by atoms with Crippen LogP contribution in [0, 0.1) is 25.2 Å². The van der Waals surface area contributed by atoms with Gasteiger partial charge in [0.1, 0.15) is 16.9 Å². The number of hydrogen-bond acceptors (Lipinski definition) is 6. The van der Waals surface area contributed by atoms with Gasteiger partial charge < -0.3 is 11.1 Å². The minimum absolute atomic E-state index is 0.658. The molecule has 0 atom stereocenters. The molecule has 2 aromatic heterocycles. The quantitative estimate of drug-likeness (QED) is 0.474. The Labute approximate surface area is 147 Å². The lowest BCUT2D eigenvalue weighted by Gasteiger charge is -2.10. The highest BCUT2D eigenvalue weighted by molar-refractivity contribution is 7.99. The maximum absolute atomic E-state index is 9.40. The van der Waals surface area contributed by atoms with Crippen molar-refractivity contribution in [3.63, 3.8) is 0 Å². The molecule has 2 rings (SSSR count). The molecule has 0 fully saturated rings. The third-order valence-corrected chi connectivity index (χ3v) is 4.66. The monoisotopic (exact) mass is 344 g/mol. The van der Waals surface area contributed by atoms with Gasteiger partial charge in [-0.3, -0.25) is 5.10 Å². The molecule has 0 bridgehead atoms. The zero-order chi connectivity index (χ0) is 17.4. The lowest BCUT2D eigenvalue weighted by atomic mass is 10.2. The fourth-order valence-corrected chi connectivity index (χ4v) is 3.39. The van der Waals surface area contributed by atoms with E-state index in [9.17, 15) is 5.26 Å². The third-order valence-electron chi connectivity index (χ3n) is 3.59. The number of aryl methyl sites for hydroxylation is 2. The number of nitrogens with zero attached hydrogens (tertiary/aromatic N) is 3. The van der Waals surface area contributed by atoms with E-state index in [-0.39, 0.29) is 0 Å². The molecule has 0 aliphatic heterocycles. The average molecular weight is 344 g/mol. The van der Waals surface area contributed by atoms with E-state index >= 15 is 0 Å². The van der Waals surface area contributed by atoms with E-state index in [0.29, 0.717) is 11.4 Å². The van der Waals surface area contributed by atoms with Gasteiger partial charge >= 0.3 is 0 Å². The van der Waals surface area contributed by atoms with Gasteiger partial charge in [-0.1, -0.05) is 12.8 Å². The summed E-state index contributed by atoms with van der Waals surface area (Å²) in [5, 5.41) is 20.4. The fourth-order valence-electron chi connectivity index (χ4n) is 2.33. The van der Waals surface area contributed by atoms with Gasteiger partial charge in [-0.05, 0) is 50.6 Å². The first kappa shape index (κ1) is 18.3. The van der Waals surface area contributed by atoms with Crippen molar-refractivity contribution in [1.29, 1.82) is 5.26 Å². The predicted molar refractivity (Wildman–Crippen MR) is 98.5 cm³/mol. The Morgan fingerprint density at radius 1 is 1.21 bits per heavy atom. The zero-order valence-electron chi connectivity index (χ0n) is 14.2. The van der Waals surface area contributed by atoms with Crippen molar-refractivity contribution in [3.8, 4) is 6.07 Å². The number of anilines is 2. The number of aromatic amines is 1. The minimum atomic E-state index is 0.658. The van der Waals surface area contributed by atoms with E-state index in [4.69, 9.17) is 5.73 Å². The predicted octanol–water partition coefficient (Wildman–Crippen LogP) is 3.65. The van der Waals surface area contributed by atoms with Crippen molar-refractivity contribution in [2.24, 2.45) is 5.73 Å². The van der Waals surface area contributed by atoms with Crippen LogP contribution in [0.15, 0.2) is 17.2 Å². The van der Waals surface area contributed by atoms with E-state index < -0.39 is 0 Å². The molecule has 0 saturated carbocycles. The van der Waals surface area contributed by atoms with Gasteiger partial charge in [-0.2, -0.15) is 10.4 Å². The van der Waals surface area contributed by atoms with Crippen LogP contribution in [-0.4, -0.2) is 27.5 Å². The van der Waals surface area contributed by atoms with Crippen molar-refractivity contribution >= 4 is 23.4 Å². The van der Waals surface area contributed by atoms with Crippen LogP contribution in [0.3, 0.4) is 0 Å². The van der Waals surface area contributed by atoms with Gasteiger partial charge in [0.25, 0.3) is 0 Å². The van der Waals surface area contributed by atoms with Crippen LogP contribution >= 0.6 is 11.8 Å². The molecule has 0 amide bonds. The molecule has 2 heterocycles. The van der Waals surface area contributed by atoms with Gasteiger partial charge in [-0.15, -0.1) is 11.8 Å². The second-order valence-corrected chi connectivity index (χ2v) is 6.81. The molecule has 24 heavy (non-hydrogen) atoms. The van der Waals surface area contributed by atoms with E-state index in [1.54, 1.807) is 11.8 Å². The summed E-state index contributed by atoms with van der Waals surface area (Å²) < 4.78 is 0. The maximum Gasteiger partial charge on any atom is 0.153 e.